The van der Waals surface area contributed by atoms with E-state index in [1.165, 1.54) is 5.56 Å². The van der Waals surface area contributed by atoms with Crippen LogP contribution in [0.1, 0.15) is 35.6 Å². The third-order valence-electron chi connectivity index (χ3n) is 4.71. The highest BCUT2D eigenvalue weighted by atomic mass is 32.2. The van der Waals surface area contributed by atoms with Crippen LogP contribution in [-0.2, 0) is 21.2 Å². The summed E-state index contributed by atoms with van der Waals surface area (Å²) in [4.78, 5) is 12.6. The first-order chi connectivity index (χ1) is 12.3. The van der Waals surface area contributed by atoms with Crippen LogP contribution in [-0.4, -0.2) is 27.1 Å². The molecule has 138 valence electrons. The molecule has 0 radical (unpaired) electrons. The first-order valence-electron chi connectivity index (χ1n) is 8.76. The predicted octanol–water partition coefficient (Wildman–Crippen LogP) is 2.95. The highest BCUT2D eigenvalue weighted by Gasteiger charge is 2.25. The van der Waals surface area contributed by atoms with E-state index in [-0.39, 0.29) is 18.5 Å². The summed E-state index contributed by atoms with van der Waals surface area (Å²) in [6.45, 7) is 1.71. The molecule has 0 heterocycles. The topological polar surface area (TPSA) is 66.5 Å². The summed E-state index contributed by atoms with van der Waals surface area (Å²) >= 11 is 0. The Labute approximate surface area is 155 Å². The van der Waals surface area contributed by atoms with Gasteiger partial charge in [0.25, 0.3) is 0 Å². The largest absolute Gasteiger partial charge is 0.348 e. The number of nitrogens with zero attached hydrogens (tertiary/aromatic N) is 1. The molecule has 1 aliphatic rings. The molecule has 6 heteroatoms. The molecule has 0 unspecified atom stereocenters. The van der Waals surface area contributed by atoms with E-state index >= 15 is 0 Å². The number of hydrogen-bond acceptors (Lipinski definition) is 3. The van der Waals surface area contributed by atoms with Gasteiger partial charge in [0.1, 0.15) is 6.54 Å². The molecule has 0 saturated carbocycles. The fourth-order valence-corrected chi connectivity index (χ4v) is 4.24. The molecule has 26 heavy (non-hydrogen) atoms. The van der Waals surface area contributed by atoms with Crippen molar-refractivity contribution in [2.45, 2.75) is 32.2 Å². The highest BCUT2D eigenvalue weighted by Crippen LogP contribution is 2.29. The Hall–Kier alpha value is -2.34. The Morgan fingerprint density at radius 2 is 1.85 bits per heavy atom. The Kier molecular flexibility index (Phi) is 5.32. The molecule has 1 aliphatic carbocycles. The summed E-state index contributed by atoms with van der Waals surface area (Å²) in [7, 11) is -3.55. The number of amides is 1. The number of anilines is 1. The Morgan fingerprint density at radius 1 is 1.15 bits per heavy atom. The molecule has 2 aromatic carbocycles. The summed E-state index contributed by atoms with van der Waals surface area (Å²) in [5.74, 6) is -0.294. The summed E-state index contributed by atoms with van der Waals surface area (Å²) < 4.78 is 25.5. The van der Waals surface area contributed by atoms with Gasteiger partial charge in [0.05, 0.1) is 18.0 Å². The molecular formula is C20H24N2O3S. The van der Waals surface area contributed by atoms with E-state index in [4.69, 9.17) is 0 Å². The van der Waals surface area contributed by atoms with Crippen LogP contribution in [0.25, 0.3) is 0 Å². The molecule has 0 spiro atoms. The number of rotatable bonds is 5. The number of benzene rings is 2. The Morgan fingerprint density at radius 3 is 2.54 bits per heavy atom. The van der Waals surface area contributed by atoms with Crippen LogP contribution in [0.15, 0.2) is 48.5 Å². The second kappa shape index (κ2) is 7.50. The predicted molar refractivity (Wildman–Crippen MR) is 104 cm³/mol. The number of carbonyl (C=O) groups is 1. The summed E-state index contributed by atoms with van der Waals surface area (Å²) in [6.07, 6.45) is 4.01. The maximum Gasteiger partial charge on any atom is 0.241 e. The SMILES string of the molecule is Cc1ccc(N(CC(=O)N[C@H]2CCCc3ccccc32)S(C)(=O)=O)cc1. The van der Waals surface area contributed by atoms with Gasteiger partial charge >= 0.3 is 0 Å². The molecule has 3 rings (SSSR count). The first-order valence-corrected chi connectivity index (χ1v) is 10.6. The van der Waals surface area contributed by atoms with Gasteiger partial charge in [-0.25, -0.2) is 8.42 Å². The van der Waals surface area contributed by atoms with Gasteiger partial charge in [-0.05, 0) is 49.4 Å². The van der Waals surface area contributed by atoms with E-state index in [0.717, 1.165) is 41.0 Å². The lowest BCUT2D eigenvalue weighted by atomic mass is 9.88. The maximum absolute atomic E-state index is 12.6. The van der Waals surface area contributed by atoms with E-state index in [2.05, 4.69) is 11.4 Å². The smallest absolute Gasteiger partial charge is 0.241 e. The van der Waals surface area contributed by atoms with Crippen molar-refractivity contribution in [3.8, 4) is 0 Å². The van der Waals surface area contributed by atoms with E-state index in [1.807, 2.05) is 37.3 Å². The van der Waals surface area contributed by atoms with Crippen LogP contribution in [0.2, 0.25) is 0 Å². The zero-order valence-electron chi connectivity index (χ0n) is 15.1. The van der Waals surface area contributed by atoms with Crippen molar-refractivity contribution in [1.29, 1.82) is 0 Å². The van der Waals surface area contributed by atoms with E-state index in [0.29, 0.717) is 5.69 Å². The van der Waals surface area contributed by atoms with E-state index < -0.39 is 10.0 Å². The number of aryl methyl sites for hydroxylation is 2. The average molecular weight is 372 g/mol. The number of nitrogens with one attached hydrogen (secondary N) is 1. The average Bonchev–Trinajstić information content (AvgIpc) is 2.60. The maximum atomic E-state index is 12.6. The van der Waals surface area contributed by atoms with Gasteiger partial charge in [0.2, 0.25) is 15.9 Å². The van der Waals surface area contributed by atoms with Crippen molar-refractivity contribution >= 4 is 21.6 Å². The number of fused-ring (bicyclic) bond motifs is 1. The van der Waals surface area contributed by atoms with Gasteiger partial charge in [0.15, 0.2) is 0 Å². The van der Waals surface area contributed by atoms with Crippen LogP contribution in [0.3, 0.4) is 0 Å². The summed E-state index contributed by atoms with van der Waals surface area (Å²) in [5, 5.41) is 3.01. The van der Waals surface area contributed by atoms with Crippen LogP contribution < -0.4 is 9.62 Å². The quantitative estimate of drug-likeness (QED) is 0.877. The zero-order chi connectivity index (χ0) is 18.7. The standard InChI is InChI=1S/C20H24N2O3S/c1-15-10-12-17(13-11-15)22(26(2,24)25)14-20(23)21-19-9-5-7-16-6-3-4-8-18(16)19/h3-4,6,8,10-13,19H,5,7,9,14H2,1-2H3,(H,21,23)/t19-/m0/s1. The fraction of sp³-hybridized carbons (Fsp3) is 0.350. The normalized spacial score (nSPS) is 16.6. The summed E-state index contributed by atoms with van der Waals surface area (Å²) in [6, 6.07) is 15.2. The lowest BCUT2D eigenvalue weighted by Gasteiger charge is -2.28. The van der Waals surface area contributed by atoms with Crippen molar-refractivity contribution in [1.82, 2.24) is 5.32 Å². The van der Waals surface area contributed by atoms with Crippen LogP contribution in [0, 0.1) is 6.92 Å². The third-order valence-corrected chi connectivity index (χ3v) is 5.85. The van der Waals surface area contributed by atoms with Crippen LogP contribution in [0.4, 0.5) is 5.69 Å². The van der Waals surface area contributed by atoms with Crippen LogP contribution in [0.5, 0.6) is 0 Å². The minimum absolute atomic E-state index is 0.0631. The molecule has 1 N–H and O–H groups in total. The number of sulfonamides is 1. The first kappa shape index (κ1) is 18.5. The van der Waals surface area contributed by atoms with Gasteiger partial charge in [-0.15, -0.1) is 0 Å². The van der Waals surface area contributed by atoms with Crippen molar-refractivity contribution in [3.05, 3.63) is 65.2 Å². The Balaban J connectivity index is 1.76. The summed E-state index contributed by atoms with van der Waals surface area (Å²) in [5.41, 5.74) is 3.92. The molecular weight excluding hydrogens is 348 g/mol. The zero-order valence-corrected chi connectivity index (χ0v) is 15.9. The third kappa shape index (κ3) is 4.25. The molecule has 1 atom stereocenters. The molecule has 0 fully saturated rings. The lowest BCUT2D eigenvalue weighted by molar-refractivity contribution is -0.120. The molecule has 0 bridgehead atoms. The van der Waals surface area contributed by atoms with E-state index in [9.17, 15) is 13.2 Å². The molecule has 0 saturated heterocycles. The minimum atomic E-state index is -3.55. The Bertz CT molecular complexity index is 892. The molecule has 0 aromatic heterocycles. The van der Waals surface area contributed by atoms with Crippen molar-refractivity contribution < 1.29 is 13.2 Å². The second-order valence-electron chi connectivity index (χ2n) is 6.82. The fourth-order valence-electron chi connectivity index (χ4n) is 3.39. The highest BCUT2D eigenvalue weighted by molar-refractivity contribution is 7.92. The van der Waals surface area contributed by atoms with Gasteiger partial charge in [-0.2, -0.15) is 0 Å². The number of hydrogen-bond donors (Lipinski definition) is 1. The van der Waals surface area contributed by atoms with Crippen molar-refractivity contribution in [3.63, 3.8) is 0 Å². The van der Waals surface area contributed by atoms with Gasteiger partial charge in [-0.3, -0.25) is 9.10 Å². The van der Waals surface area contributed by atoms with Crippen molar-refractivity contribution in [2.24, 2.45) is 0 Å². The van der Waals surface area contributed by atoms with Crippen molar-refractivity contribution in [2.75, 3.05) is 17.1 Å². The van der Waals surface area contributed by atoms with Gasteiger partial charge in [-0.1, -0.05) is 42.0 Å². The lowest BCUT2D eigenvalue weighted by Crippen LogP contribution is -2.42. The molecule has 0 aliphatic heterocycles. The van der Waals surface area contributed by atoms with Gasteiger partial charge < -0.3 is 5.32 Å². The van der Waals surface area contributed by atoms with Gasteiger partial charge in [0, 0.05) is 0 Å². The monoisotopic (exact) mass is 372 g/mol. The molecule has 2 aromatic rings. The molecule has 1 amide bonds. The van der Waals surface area contributed by atoms with E-state index in [1.54, 1.807) is 12.1 Å². The molecule has 5 nitrogen and oxygen atoms in total. The van der Waals surface area contributed by atoms with Crippen LogP contribution >= 0.6 is 0 Å². The second-order valence-corrected chi connectivity index (χ2v) is 8.72. The number of carbonyl (C=O) groups excluding carboxylic acids is 1. The minimum Gasteiger partial charge on any atom is -0.348 e.